The molecule has 10 heteroatoms. The molecule has 1 aliphatic rings. The number of rotatable bonds is 2. The SMILES string of the molecule is CC1OC(n2cnc3c(N)ncnc32)C(O)C1N=[N+]=N. The van der Waals surface area contributed by atoms with Crippen molar-refractivity contribution in [3.63, 3.8) is 0 Å². The van der Waals surface area contributed by atoms with E-state index in [1.165, 1.54) is 12.7 Å². The zero-order chi connectivity index (χ0) is 14.3. The number of imidazole rings is 1. The van der Waals surface area contributed by atoms with Crippen LogP contribution in [0.4, 0.5) is 5.82 Å². The normalized spacial score (nSPS) is 29.5. The van der Waals surface area contributed by atoms with Crippen LogP contribution in [0.5, 0.6) is 0 Å². The first kappa shape index (κ1) is 12.6. The molecule has 4 N–H and O–H groups in total. The molecule has 20 heavy (non-hydrogen) atoms. The van der Waals surface area contributed by atoms with Crippen molar-refractivity contribution in [2.75, 3.05) is 5.73 Å². The molecule has 1 fully saturated rings. The molecule has 0 spiro atoms. The van der Waals surface area contributed by atoms with Gasteiger partial charge >= 0.3 is 0 Å². The van der Waals surface area contributed by atoms with Crippen molar-refractivity contribution < 1.29 is 9.84 Å². The van der Waals surface area contributed by atoms with Crippen LogP contribution in [-0.2, 0) is 4.74 Å². The van der Waals surface area contributed by atoms with E-state index in [9.17, 15) is 5.11 Å². The van der Waals surface area contributed by atoms with Crippen LogP contribution in [0.3, 0.4) is 0 Å². The van der Waals surface area contributed by atoms with Gasteiger partial charge in [0.1, 0.15) is 28.6 Å². The number of nitrogen functional groups attached to an aromatic ring is 1. The number of hydrogen-bond acceptors (Lipinski definition) is 8. The minimum absolute atomic E-state index is 0.261. The van der Waals surface area contributed by atoms with E-state index in [0.717, 1.165) is 0 Å². The molecule has 0 bridgehead atoms. The summed E-state index contributed by atoms with van der Waals surface area (Å²) in [5, 5.41) is 13.9. The zero-order valence-corrected chi connectivity index (χ0v) is 10.6. The first-order chi connectivity index (χ1) is 9.63. The molecule has 3 heterocycles. The van der Waals surface area contributed by atoms with Gasteiger partial charge in [0.2, 0.25) is 4.91 Å². The van der Waals surface area contributed by atoms with Gasteiger partial charge in [0, 0.05) is 0 Å². The second-order valence-electron chi connectivity index (χ2n) is 4.51. The molecular formula is C10H13N8O2+. The summed E-state index contributed by atoms with van der Waals surface area (Å²) in [7, 11) is 0. The van der Waals surface area contributed by atoms with Crippen molar-refractivity contribution in [3.8, 4) is 0 Å². The Morgan fingerprint density at radius 3 is 3.05 bits per heavy atom. The molecule has 104 valence electrons. The Hall–Kier alpha value is -2.42. The van der Waals surface area contributed by atoms with E-state index in [1.807, 2.05) is 0 Å². The van der Waals surface area contributed by atoms with Gasteiger partial charge in [0.05, 0.1) is 12.4 Å². The lowest BCUT2D eigenvalue weighted by molar-refractivity contribution is -0.0297. The summed E-state index contributed by atoms with van der Waals surface area (Å²) in [6, 6.07) is -0.603. The third kappa shape index (κ3) is 1.74. The highest BCUT2D eigenvalue weighted by Gasteiger charge is 2.46. The maximum Gasteiger partial charge on any atom is 0.214 e. The fourth-order valence-corrected chi connectivity index (χ4v) is 2.34. The van der Waals surface area contributed by atoms with E-state index < -0.39 is 18.4 Å². The number of aliphatic hydroxyl groups excluding tert-OH is 1. The lowest BCUT2D eigenvalue weighted by atomic mass is 10.1. The van der Waals surface area contributed by atoms with Crippen LogP contribution in [0.1, 0.15) is 13.2 Å². The predicted molar refractivity (Wildman–Crippen MR) is 66.4 cm³/mol. The van der Waals surface area contributed by atoms with Crippen molar-refractivity contribution >= 4 is 17.0 Å². The van der Waals surface area contributed by atoms with Gasteiger partial charge in [-0.15, -0.1) is 0 Å². The number of fused-ring (bicyclic) bond motifs is 1. The molecule has 2 aromatic rings. The third-order valence-corrected chi connectivity index (χ3v) is 3.33. The molecule has 1 saturated heterocycles. The van der Waals surface area contributed by atoms with E-state index in [2.05, 4.69) is 25.0 Å². The van der Waals surface area contributed by atoms with Crippen LogP contribution in [0.25, 0.3) is 11.2 Å². The summed E-state index contributed by atoms with van der Waals surface area (Å²) in [5.74, 6) is 0.261. The Morgan fingerprint density at radius 1 is 1.50 bits per heavy atom. The Labute approximate surface area is 112 Å². The van der Waals surface area contributed by atoms with Gasteiger partial charge in [-0.1, -0.05) is 0 Å². The molecule has 4 unspecified atom stereocenters. The van der Waals surface area contributed by atoms with Crippen LogP contribution in [0, 0.1) is 5.53 Å². The maximum absolute atomic E-state index is 10.3. The van der Waals surface area contributed by atoms with Gasteiger partial charge in [-0.05, 0) is 6.92 Å². The monoisotopic (exact) mass is 277 g/mol. The van der Waals surface area contributed by atoms with E-state index in [1.54, 1.807) is 11.5 Å². The summed E-state index contributed by atoms with van der Waals surface area (Å²) >= 11 is 0. The molecule has 0 radical (unpaired) electrons. The summed E-state index contributed by atoms with van der Waals surface area (Å²) in [6.45, 7) is 1.75. The Bertz CT molecular complexity index is 694. The van der Waals surface area contributed by atoms with Crippen molar-refractivity contribution in [3.05, 3.63) is 12.7 Å². The van der Waals surface area contributed by atoms with Crippen molar-refractivity contribution in [2.24, 2.45) is 5.11 Å². The average Bonchev–Trinajstić information content (AvgIpc) is 2.96. The summed E-state index contributed by atoms with van der Waals surface area (Å²) in [5.41, 5.74) is 13.4. The topological polar surface area (TPSA) is 149 Å². The number of aliphatic hydroxyl groups is 1. The van der Waals surface area contributed by atoms with Crippen molar-refractivity contribution in [1.29, 1.82) is 5.53 Å². The van der Waals surface area contributed by atoms with Crippen molar-refractivity contribution in [2.45, 2.75) is 31.4 Å². The number of nitrogens with two attached hydrogens (primary N) is 1. The average molecular weight is 277 g/mol. The van der Waals surface area contributed by atoms with Gasteiger partial charge < -0.3 is 15.6 Å². The Morgan fingerprint density at radius 2 is 2.30 bits per heavy atom. The summed E-state index contributed by atoms with van der Waals surface area (Å²) in [4.78, 5) is 15.1. The molecule has 0 amide bonds. The summed E-state index contributed by atoms with van der Waals surface area (Å²) in [6.07, 6.45) is 0.770. The standard InChI is InChI=1S/C10H13N8O2/c1-4-5(16-17-12)7(19)10(20-4)18-3-15-6-8(11)13-2-14-9(6)18/h2-5,7,10,12,19H,1H3,(H2,11,13,14)/q+1. The minimum Gasteiger partial charge on any atom is -0.386 e. The van der Waals surface area contributed by atoms with E-state index >= 15 is 0 Å². The van der Waals surface area contributed by atoms with E-state index in [0.29, 0.717) is 11.2 Å². The van der Waals surface area contributed by atoms with Crippen LogP contribution in [0.15, 0.2) is 17.8 Å². The van der Waals surface area contributed by atoms with E-state index in [-0.39, 0.29) is 11.9 Å². The van der Waals surface area contributed by atoms with Gasteiger partial charge in [0.15, 0.2) is 23.7 Å². The quantitative estimate of drug-likeness (QED) is 0.502. The molecule has 0 aromatic carbocycles. The molecule has 3 rings (SSSR count). The first-order valence-corrected chi connectivity index (χ1v) is 5.96. The van der Waals surface area contributed by atoms with Crippen molar-refractivity contribution in [1.82, 2.24) is 24.4 Å². The largest absolute Gasteiger partial charge is 0.386 e. The number of aromatic nitrogens is 4. The highest BCUT2D eigenvalue weighted by molar-refractivity contribution is 5.81. The second kappa shape index (κ2) is 4.60. The van der Waals surface area contributed by atoms with Crippen LogP contribution >= 0.6 is 0 Å². The Balaban J connectivity index is 2.04. The highest BCUT2D eigenvalue weighted by Crippen LogP contribution is 2.32. The molecule has 10 nitrogen and oxygen atoms in total. The highest BCUT2D eigenvalue weighted by atomic mass is 16.5. The first-order valence-electron chi connectivity index (χ1n) is 5.96. The van der Waals surface area contributed by atoms with E-state index in [4.69, 9.17) is 16.0 Å². The molecule has 1 aliphatic heterocycles. The molecule has 4 atom stereocenters. The fraction of sp³-hybridized carbons (Fsp3) is 0.500. The number of nitrogens with zero attached hydrogens (tertiary/aromatic N) is 6. The molecule has 2 aromatic heterocycles. The van der Waals surface area contributed by atoms with Gasteiger partial charge in [-0.2, -0.15) is 0 Å². The molecular weight excluding hydrogens is 264 g/mol. The van der Waals surface area contributed by atoms with Gasteiger partial charge in [-0.25, -0.2) is 15.0 Å². The third-order valence-electron chi connectivity index (χ3n) is 3.33. The lowest BCUT2D eigenvalue weighted by Gasteiger charge is -2.15. The molecule has 0 saturated carbocycles. The van der Waals surface area contributed by atoms with Crippen LogP contribution in [-0.4, -0.2) is 42.9 Å². The van der Waals surface area contributed by atoms with Crippen LogP contribution in [0.2, 0.25) is 0 Å². The number of anilines is 1. The predicted octanol–water partition coefficient (Wildman–Crippen LogP) is -0.394. The fourth-order valence-electron chi connectivity index (χ4n) is 2.34. The minimum atomic E-state index is -0.951. The van der Waals surface area contributed by atoms with Crippen LogP contribution < -0.4 is 10.6 Å². The number of hydrogen-bond donors (Lipinski definition) is 3. The van der Waals surface area contributed by atoms with Gasteiger partial charge in [-0.3, -0.25) is 4.57 Å². The van der Waals surface area contributed by atoms with Gasteiger partial charge in [0.25, 0.3) is 0 Å². The zero-order valence-electron chi connectivity index (χ0n) is 10.6. The second-order valence-corrected chi connectivity index (χ2v) is 4.51. The number of ether oxygens (including phenoxy) is 1. The lowest BCUT2D eigenvalue weighted by Crippen LogP contribution is -2.29. The smallest absolute Gasteiger partial charge is 0.214 e. The Kier molecular flexibility index (Phi) is 2.90. The maximum atomic E-state index is 10.3. The summed E-state index contributed by atoms with van der Waals surface area (Å²) < 4.78 is 7.24. The number of nitrogens with one attached hydrogen (secondary N) is 1. The molecule has 0 aliphatic carbocycles.